The molecule has 0 fully saturated rings. The van der Waals surface area contributed by atoms with Gasteiger partial charge < -0.3 is 4.74 Å². The van der Waals surface area contributed by atoms with Gasteiger partial charge in [0.2, 0.25) is 5.88 Å². The molecule has 0 aliphatic carbocycles. The number of ether oxygens (including phenoxy) is 1. The van der Waals surface area contributed by atoms with Gasteiger partial charge >= 0.3 is 0 Å². The number of methoxy groups -OCH3 is 1. The highest BCUT2D eigenvalue weighted by atomic mass is 16.5. The zero-order valence-electron chi connectivity index (χ0n) is 10.9. The van der Waals surface area contributed by atoms with Crippen molar-refractivity contribution in [3.8, 4) is 5.88 Å². The van der Waals surface area contributed by atoms with Gasteiger partial charge in [0.05, 0.1) is 18.8 Å². The fourth-order valence-corrected chi connectivity index (χ4v) is 1.77. The van der Waals surface area contributed by atoms with Crippen LogP contribution in [0.4, 0.5) is 0 Å². The Labute approximate surface area is 111 Å². The summed E-state index contributed by atoms with van der Waals surface area (Å²) in [5, 5.41) is 12.1. The Bertz CT molecular complexity index is 510. The van der Waals surface area contributed by atoms with Gasteiger partial charge in [-0.05, 0) is 13.0 Å². The molecule has 0 radical (unpaired) electrons. The topological polar surface area (TPSA) is 104 Å². The summed E-state index contributed by atoms with van der Waals surface area (Å²) in [5.74, 6) is 6.90. The molecular formula is C11H17N7O. The number of nitrogens with zero attached hydrogens (tertiary/aromatic N) is 5. The molecule has 8 heteroatoms. The van der Waals surface area contributed by atoms with Crippen LogP contribution in [0.5, 0.6) is 5.88 Å². The molecule has 0 aromatic carbocycles. The molecule has 0 bridgehead atoms. The number of hydrazine groups is 1. The van der Waals surface area contributed by atoms with Crippen molar-refractivity contribution < 1.29 is 4.74 Å². The first kappa shape index (κ1) is 13.4. The quantitative estimate of drug-likeness (QED) is 0.551. The molecule has 0 aliphatic rings. The van der Waals surface area contributed by atoms with Gasteiger partial charge in [0.25, 0.3) is 0 Å². The van der Waals surface area contributed by atoms with Gasteiger partial charge in [0.15, 0.2) is 0 Å². The lowest BCUT2D eigenvalue weighted by Crippen LogP contribution is -2.31. The minimum atomic E-state index is -0.173. The Hall–Kier alpha value is -2.06. The molecule has 19 heavy (non-hydrogen) atoms. The Balaban J connectivity index is 2.15. The molecule has 102 valence electrons. The zero-order valence-corrected chi connectivity index (χ0v) is 10.9. The fraction of sp³-hybridized carbons (Fsp3) is 0.455. The second-order valence-corrected chi connectivity index (χ2v) is 3.92. The molecule has 3 N–H and O–H groups in total. The van der Waals surface area contributed by atoms with Crippen LogP contribution in [-0.4, -0.2) is 32.1 Å². The van der Waals surface area contributed by atoms with Gasteiger partial charge in [-0.3, -0.25) is 16.0 Å². The third-order valence-electron chi connectivity index (χ3n) is 2.81. The summed E-state index contributed by atoms with van der Waals surface area (Å²) in [5.41, 5.74) is 3.45. The second-order valence-electron chi connectivity index (χ2n) is 3.92. The Morgan fingerprint density at radius 1 is 1.42 bits per heavy atom. The summed E-state index contributed by atoms with van der Waals surface area (Å²) in [6, 6.07) is 3.40. The molecular weight excluding hydrogens is 246 g/mol. The second kappa shape index (κ2) is 6.21. The van der Waals surface area contributed by atoms with Gasteiger partial charge in [-0.2, -0.15) is 10.2 Å². The van der Waals surface area contributed by atoms with E-state index in [0.717, 1.165) is 18.1 Å². The predicted octanol–water partition coefficient (Wildman–Crippen LogP) is -0.156. The number of rotatable bonds is 6. The van der Waals surface area contributed by atoms with Gasteiger partial charge in [0, 0.05) is 19.0 Å². The minimum absolute atomic E-state index is 0.173. The lowest BCUT2D eigenvalue weighted by Gasteiger charge is -2.14. The summed E-state index contributed by atoms with van der Waals surface area (Å²) < 4.78 is 6.79. The maximum Gasteiger partial charge on any atom is 0.233 e. The first-order valence-corrected chi connectivity index (χ1v) is 5.99. The van der Waals surface area contributed by atoms with Crippen LogP contribution in [0.3, 0.4) is 0 Å². The maximum absolute atomic E-state index is 5.58. The lowest BCUT2D eigenvalue weighted by atomic mass is 10.1. The van der Waals surface area contributed by atoms with E-state index in [9.17, 15) is 0 Å². The standard InChI is InChI=1S/C11H17N7O/c1-3-18-10(13-7-14-18)6-9(15-12)8-4-5-11(19-2)17-16-8/h4-5,7,9,15H,3,6,12H2,1-2H3. The Morgan fingerprint density at radius 3 is 2.84 bits per heavy atom. The highest BCUT2D eigenvalue weighted by Gasteiger charge is 2.16. The molecule has 0 saturated carbocycles. The van der Waals surface area contributed by atoms with Crippen LogP contribution in [0.2, 0.25) is 0 Å². The predicted molar refractivity (Wildman–Crippen MR) is 68.0 cm³/mol. The molecule has 8 nitrogen and oxygen atoms in total. The number of aromatic nitrogens is 5. The summed E-state index contributed by atoms with van der Waals surface area (Å²) in [6.45, 7) is 2.77. The number of nitrogens with two attached hydrogens (primary N) is 1. The van der Waals surface area contributed by atoms with Crippen LogP contribution < -0.4 is 16.0 Å². The SMILES string of the molecule is CCn1ncnc1CC(NN)c1ccc(OC)nn1. The fourth-order valence-electron chi connectivity index (χ4n) is 1.77. The van der Waals surface area contributed by atoms with E-state index in [2.05, 4.69) is 25.7 Å². The van der Waals surface area contributed by atoms with Crippen molar-refractivity contribution in [2.24, 2.45) is 5.84 Å². The average molecular weight is 263 g/mol. The molecule has 2 aromatic heterocycles. The lowest BCUT2D eigenvalue weighted by molar-refractivity contribution is 0.388. The van der Waals surface area contributed by atoms with E-state index in [-0.39, 0.29) is 6.04 Å². The molecule has 2 rings (SSSR count). The molecule has 1 unspecified atom stereocenters. The zero-order chi connectivity index (χ0) is 13.7. The highest BCUT2D eigenvalue weighted by molar-refractivity contribution is 5.15. The molecule has 0 saturated heterocycles. The van der Waals surface area contributed by atoms with E-state index in [1.165, 1.54) is 6.33 Å². The van der Waals surface area contributed by atoms with E-state index in [1.807, 2.05) is 17.7 Å². The van der Waals surface area contributed by atoms with Crippen molar-refractivity contribution in [3.05, 3.63) is 30.0 Å². The van der Waals surface area contributed by atoms with Crippen LogP contribution in [0, 0.1) is 0 Å². The maximum atomic E-state index is 5.58. The van der Waals surface area contributed by atoms with Gasteiger partial charge in [-0.15, -0.1) is 5.10 Å². The van der Waals surface area contributed by atoms with E-state index >= 15 is 0 Å². The molecule has 0 spiro atoms. The van der Waals surface area contributed by atoms with E-state index in [4.69, 9.17) is 10.6 Å². The van der Waals surface area contributed by atoms with Crippen molar-refractivity contribution in [2.45, 2.75) is 25.9 Å². The highest BCUT2D eigenvalue weighted by Crippen LogP contribution is 2.15. The van der Waals surface area contributed by atoms with Crippen LogP contribution in [0.25, 0.3) is 0 Å². The van der Waals surface area contributed by atoms with Crippen molar-refractivity contribution in [1.29, 1.82) is 0 Å². The van der Waals surface area contributed by atoms with Crippen LogP contribution in [-0.2, 0) is 13.0 Å². The largest absolute Gasteiger partial charge is 0.480 e. The van der Waals surface area contributed by atoms with Crippen molar-refractivity contribution in [2.75, 3.05) is 7.11 Å². The van der Waals surface area contributed by atoms with E-state index in [1.54, 1.807) is 13.2 Å². The monoisotopic (exact) mass is 263 g/mol. The summed E-state index contributed by atoms with van der Waals surface area (Å²) >= 11 is 0. The normalized spacial score (nSPS) is 12.4. The molecule has 0 amide bonds. The van der Waals surface area contributed by atoms with Crippen molar-refractivity contribution in [1.82, 2.24) is 30.4 Å². The van der Waals surface area contributed by atoms with E-state index < -0.39 is 0 Å². The first-order chi connectivity index (χ1) is 9.28. The molecule has 0 aliphatic heterocycles. The van der Waals surface area contributed by atoms with Crippen LogP contribution in [0.15, 0.2) is 18.5 Å². The third kappa shape index (κ3) is 3.04. The van der Waals surface area contributed by atoms with Gasteiger partial charge in [-0.1, -0.05) is 0 Å². The molecule has 1 atom stereocenters. The third-order valence-corrected chi connectivity index (χ3v) is 2.81. The van der Waals surface area contributed by atoms with Crippen molar-refractivity contribution >= 4 is 0 Å². The summed E-state index contributed by atoms with van der Waals surface area (Å²) in [7, 11) is 1.55. The first-order valence-electron chi connectivity index (χ1n) is 5.99. The van der Waals surface area contributed by atoms with Gasteiger partial charge in [0.1, 0.15) is 12.2 Å². The van der Waals surface area contributed by atoms with Crippen LogP contribution >= 0.6 is 0 Å². The number of nitrogens with one attached hydrogen (secondary N) is 1. The minimum Gasteiger partial charge on any atom is -0.480 e. The number of aryl methyl sites for hydroxylation is 1. The smallest absolute Gasteiger partial charge is 0.233 e. The van der Waals surface area contributed by atoms with Crippen LogP contribution in [0.1, 0.15) is 24.5 Å². The van der Waals surface area contributed by atoms with Crippen molar-refractivity contribution in [3.63, 3.8) is 0 Å². The Morgan fingerprint density at radius 2 is 2.26 bits per heavy atom. The molecule has 2 aromatic rings. The summed E-state index contributed by atoms with van der Waals surface area (Å²) in [4.78, 5) is 4.22. The Kier molecular flexibility index (Phi) is 4.37. The number of hydrogen-bond acceptors (Lipinski definition) is 7. The molecule has 2 heterocycles. The van der Waals surface area contributed by atoms with E-state index in [0.29, 0.717) is 12.3 Å². The average Bonchev–Trinajstić information content (AvgIpc) is 2.92. The van der Waals surface area contributed by atoms with Gasteiger partial charge in [-0.25, -0.2) is 4.98 Å². The number of hydrogen-bond donors (Lipinski definition) is 2. The summed E-state index contributed by atoms with van der Waals surface area (Å²) in [6.07, 6.45) is 2.12.